The fraction of sp³-hybridized carbons (Fsp3) is 0.217. The third-order valence-electron chi connectivity index (χ3n) is 4.75. The Bertz CT molecular complexity index is 948. The maximum absolute atomic E-state index is 10.1. The molecule has 0 atom stereocenters. The molecule has 0 radical (unpaired) electrons. The zero-order chi connectivity index (χ0) is 20.1. The van der Waals surface area contributed by atoms with Gasteiger partial charge in [-0.3, -0.25) is 0 Å². The van der Waals surface area contributed by atoms with E-state index >= 15 is 0 Å². The third kappa shape index (κ3) is 4.49. The van der Waals surface area contributed by atoms with E-state index in [0.717, 1.165) is 22.3 Å². The van der Waals surface area contributed by atoms with E-state index in [1.165, 1.54) is 7.11 Å². The van der Waals surface area contributed by atoms with E-state index in [4.69, 9.17) is 9.47 Å². The number of benzene rings is 3. The Hall–Kier alpha value is -3.34. The molecule has 0 aliphatic carbocycles. The van der Waals surface area contributed by atoms with Gasteiger partial charge in [0.05, 0.1) is 14.2 Å². The van der Waals surface area contributed by atoms with Gasteiger partial charge in [-0.15, -0.1) is 0 Å². The lowest BCUT2D eigenvalue weighted by Crippen LogP contribution is -2.02. The van der Waals surface area contributed by atoms with Crippen molar-refractivity contribution < 1.29 is 24.8 Å². The number of hydrogen-bond acceptors (Lipinski definition) is 5. The molecule has 0 amide bonds. The number of phenolic OH excluding ortho intramolecular Hbond substituents is 3. The zero-order valence-electron chi connectivity index (χ0n) is 16.0. The minimum atomic E-state index is 0.110. The maximum Gasteiger partial charge on any atom is 0.160 e. The molecule has 5 heteroatoms. The minimum absolute atomic E-state index is 0.110. The predicted octanol–water partition coefficient (Wildman–Crippen LogP) is 4.20. The average molecular weight is 380 g/mol. The van der Waals surface area contributed by atoms with Crippen LogP contribution in [0.3, 0.4) is 0 Å². The molecular weight excluding hydrogens is 356 g/mol. The van der Waals surface area contributed by atoms with Crippen molar-refractivity contribution in [2.75, 3.05) is 14.2 Å². The van der Waals surface area contributed by atoms with Gasteiger partial charge in [-0.2, -0.15) is 0 Å². The molecule has 5 nitrogen and oxygen atoms in total. The fourth-order valence-corrected chi connectivity index (χ4v) is 3.27. The summed E-state index contributed by atoms with van der Waals surface area (Å²) in [5.74, 6) is 1.56. The Morgan fingerprint density at radius 3 is 2.04 bits per heavy atom. The van der Waals surface area contributed by atoms with Crippen molar-refractivity contribution in [2.45, 2.75) is 19.3 Å². The SMILES string of the molecule is COc1cc(CCc2cc(O)cc(OC)c2Cc2ccc(O)cc2)ccc1O. The van der Waals surface area contributed by atoms with Gasteiger partial charge >= 0.3 is 0 Å². The van der Waals surface area contributed by atoms with E-state index in [1.54, 1.807) is 37.4 Å². The van der Waals surface area contributed by atoms with E-state index < -0.39 is 0 Å². The van der Waals surface area contributed by atoms with Crippen molar-refractivity contribution in [1.29, 1.82) is 0 Å². The van der Waals surface area contributed by atoms with Gasteiger partial charge in [0.25, 0.3) is 0 Å². The highest BCUT2D eigenvalue weighted by atomic mass is 16.5. The summed E-state index contributed by atoms with van der Waals surface area (Å²) in [5.41, 5.74) is 4.04. The quantitative estimate of drug-likeness (QED) is 0.573. The molecule has 0 aliphatic heterocycles. The Labute approximate surface area is 164 Å². The summed E-state index contributed by atoms with van der Waals surface area (Å²) in [6, 6.07) is 15.7. The average Bonchev–Trinajstić information content (AvgIpc) is 2.70. The molecule has 0 aromatic heterocycles. The number of aromatic hydroxyl groups is 3. The number of rotatable bonds is 7. The summed E-state index contributed by atoms with van der Waals surface area (Å²) < 4.78 is 10.7. The van der Waals surface area contributed by atoms with Gasteiger partial charge < -0.3 is 24.8 Å². The van der Waals surface area contributed by atoms with E-state index in [0.29, 0.717) is 30.8 Å². The molecule has 0 spiro atoms. The van der Waals surface area contributed by atoms with Crippen LogP contribution in [-0.4, -0.2) is 29.5 Å². The summed E-state index contributed by atoms with van der Waals surface area (Å²) in [4.78, 5) is 0. The normalized spacial score (nSPS) is 10.6. The molecule has 0 heterocycles. The Morgan fingerprint density at radius 1 is 0.679 bits per heavy atom. The summed E-state index contributed by atoms with van der Waals surface area (Å²) in [6.45, 7) is 0. The molecule has 0 aliphatic rings. The largest absolute Gasteiger partial charge is 0.508 e. The third-order valence-corrected chi connectivity index (χ3v) is 4.75. The highest BCUT2D eigenvalue weighted by Gasteiger charge is 2.13. The van der Waals surface area contributed by atoms with Crippen LogP contribution in [0.15, 0.2) is 54.6 Å². The van der Waals surface area contributed by atoms with Gasteiger partial charge in [0.2, 0.25) is 0 Å². The van der Waals surface area contributed by atoms with E-state index in [1.807, 2.05) is 24.3 Å². The smallest absolute Gasteiger partial charge is 0.160 e. The molecule has 0 fully saturated rings. The molecule has 3 rings (SSSR count). The number of ether oxygens (including phenoxy) is 2. The topological polar surface area (TPSA) is 79.2 Å². The van der Waals surface area contributed by atoms with E-state index in [-0.39, 0.29) is 17.2 Å². The molecule has 0 saturated carbocycles. The van der Waals surface area contributed by atoms with Crippen molar-refractivity contribution in [2.24, 2.45) is 0 Å². The van der Waals surface area contributed by atoms with Crippen molar-refractivity contribution in [1.82, 2.24) is 0 Å². The second-order valence-corrected chi connectivity index (χ2v) is 6.64. The number of phenols is 3. The Morgan fingerprint density at radius 2 is 1.36 bits per heavy atom. The lowest BCUT2D eigenvalue weighted by Gasteiger charge is -2.16. The van der Waals surface area contributed by atoms with Gasteiger partial charge in [-0.05, 0) is 59.9 Å². The monoisotopic (exact) mass is 380 g/mol. The van der Waals surface area contributed by atoms with E-state index in [2.05, 4.69) is 0 Å². The number of hydrogen-bond donors (Lipinski definition) is 3. The zero-order valence-corrected chi connectivity index (χ0v) is 16.0. The maximum atomic E-state index is 10.1. The van der Waals surface area contributed by atoms with Gasteiger partial charge in [0, 0.05) is 18.1 Å². The van der Waals surface area contributed by atoms with Crippen LogP contribution in [0.1, 0.15) is 22.3 Å². The van der Waals surface area contributed by atoms with Crippen LogP contribution in [0.25, 0.3) is 0 Å². The van der Waals surface area contributed by atoms with Crippen LogP contribution in [0.4, 0.5) is 0 Å². The number of methoxy groups -OCH3 is 2. The molecule has 146 valence electrons. The highest BCUT2D eigenvalue weighted by Crippen LogP contribution is 2.32. The first-order valence-corrected chi connectivity index (χ1v) is 9.02. The van der Waals surface area contributed by atoms with Crippen LogP contribution in [-0.2, 0) is 19.3 Å². The molecule has 0 unspecified atom stereocenters. The summed E-state index contributed by atoms with van der Waals surface area (Å²) in [7, 11) is 3.11. The Balaban J connectivity index is 1.88. The molecule has 3 N–H and O–H groups in total. The first kappa shape index (κ1) is 19.4. The summed E-state index contributed by atoms with van der Waals surface area (Å²) in [6.07, 6.45) is 2.02. The van der Waals surface area contributed by atoms with Crippen molar-refractivity contribution in [3.63, 3.8) is 0 Å². The van der Waals surface area contributed by atoms with Crippen LogP contribution in [0, 0.1) is 0 Å². The van der Waals surface area contributed by atoms with Gasteiger partial charge in [0.1, 0.15) is 17.2 Å². The fourth-order valence-electron chi connectivity index (χ4n) is 3.27. The van der Waals surface area contributed by atoms with Crippen molar-refractivity contribution >= 4 is 0 Å². The van der Waals surface area contributed by atoms with Crippen molar-refractivity contribution in [3.05, 3.63) is 76.9 Å². The van der Waals surface area contributed by atoms with Gasteiger partial charge in [-0.1, -0.05) is 18.2 Å². The second-order valence-electron chi connectivity index (χ2n) is 6.64. The lowest BCUT2D eigenvalue weighted by atomic mass is 9.94. The minimum Gasteiger partial charge on any atom is -0.508 e. The van der Waals surface area contributed by atoms with Gasteiger partial charge in [0.15, 0.2) is 11.5 Å². The van der Waals surface area contributed by atoms with Crippen LogP contribution in [0.5, 0.6) is 28.7 Å². The van der Waals surface area contributed by atoms with Crippen LogP contribution in [0.2, 0.25) is 0 Å². The molecule has 28 heavy (non-hydrogen) atoms. The molecular formula is C23H24O5. The van der Waals surface area contributed by atoms with Crippen LogP contribution >= 0.6 is 0 Å². The first-order chi connectivity index (χ1) is 13.5. The first-order valence-electron chi connectivity index (χ1n) is 9.02. The second kappa shape index (κ2) is 8.57. The van der Waals surface area contributed by atoms with Crippen molar-refractivity contribution in [3.8, 4) is 28.7 Å². The number of aryl methyl sites for hydroxylation is 2. The molecule has 3 aromatic rings. The molecule has 0 saturated heterocycles. The standard InChI is InChI=1S/C23H24O5/c1-27-22-14-19(25)13-17(20(22)11-15-4-8-18(24)9-5-15)7-3-16-6-10-21(26)23(12-16)28-2/h4-6,8-10,12-14,24-26H,3,7,11H2,1-2H3. The molecule has 0 bridgehead atoms. The van der Waals surface area contributed by atoms with Gasteiger partial charge in [-0.25, -0.2) is 0 Å². The summed E-state index contributed by atoms with van der Waals surface area (Å²) >= 11 is 0. The highest BCUT2D eigenvalue weighted by molar-refractivity contribution is 5.49. The Kier molecular flexibility index (Phi) is 5.94. The lowest BCUT2D eigenvalue weighted by molar-refractivity contribution is 0.373. The summed E-state index contributed by atoms with van der Waals surface area (Å²) in [5, 5.41) is 29.4. The molecule has 3 aromatic carbocycles. The van der Waals surface area contributed by atoms with E-state index in [9.17, 15) is 15.3 Å². The predicted molar refractivity (Wildman–Crippen MR) is 108 cm³/mol. The van der Waals surface area contributed by atoms with Crippen LogP contribution < -0.4 is 9.47 Å².